The Balaban J connectivity index is 1.85. The highest BCUT2D eigenvalue weighted by Gasteiger charge is 2.13. The van der Waals surface area contributed by atoms with Gasteiger partial charge in [0.1, 0.15) is 0 Å². The molecular weight excluding hydrogens is 267 g/mol. The molecule has 0 spiro atoms. The van der Waals surface area contributed by atoms with Crippen LogP contribution in [0, 0.1) is 17.5 Å². The van der Waals surface area contributed by atoms with Crippen LogP contribution >= 0.6 is 0 Å². The summed E-state index contributed by atoms with van der Waals surface area (Å²) < 4.78 is 41.1. The lowest BCUT2D eigenvalue weighted by atomic mass is 10.2. The molecule has 0 aliphatic heterocycles. The van der Waals surface area contributed by atoms with Gasteiger partial charge in [0.2, 0.25) is 0 Å². The quantitative estimate of drug-likeness (QED) is 0.744. The second-order valence-corrected chi connectivity index (χ2v) is 4.28. The summed E-state index contributed by atoms with van der Waals surface area (Å²) >= 11 is 0. The molecule has 0 saturated heterocycles. The van der Waals surface area contributed by atoms with Crippen molar-refractivity contribution in [3.05, 3.63) is 65.7 Å². The smallest absolute Gasteiger partial charge is 0.196 e. The van der Waals surface area contributed by atoms with E-state index >= 15 is 0 Å². The molecule has 0 saturated carbocycles. The van der Waals surface area contributed by atoms with E-state index in [9.17, 15) is 13.2 Å². The number of benzene rings is 1. The summed E-state index contributed by atoms with van der Waals surface area (Å²) in [6.07, 6.45) is 3.43. The molecule has 102 valence electrons. The van der Waals surface area contributed by atoms with Gasteiger partial charge in [-0.1, -0.05) is 6.07 Å². The molecule has 20 heavy (non-hydrogen) atoms. The number of pyridine rings is 1. The van der Waals surface area contributed by atoms with Gasteiger partial charge in [0.15, 0.2) is 17.5 Å². The van der Waals surface area contributed by atoms with Gasteiger partial charge in [0, 0.05) is 18.3 Å². The summed E-state index contributed by atoms with van der Waals surface area (Å²) in [5.41, 5.74) is 1.61. The van der Waals surface area contributed by atoms with Crippen LogP contribution in [-0.2, 0) is 6.54 Å². The van der Waals surface area contributed by atoms with Gasteiger partial charge in [-0.15, -0.1) is 0 Å². The number of hydrogen-bond donors (Lipinski definition) is 1. The summed E-state index contributed by atoms with van der Waals surface area (Å²) in [4.78, 5) is 0. The van der Waals surface area contributed by atoms with Crippen molar-refractivity contribution in [1.29, 1.82) is 0 Å². The molecule has 0 aliphatic rings. The maximum absolute atomic E-state index is 13.5. The number of fused-ring (bicyclic) bond motifs is 1. The van der Waals surface area contributed by atoms with Gasteiger partial charge in [0.25, 0.3) is 0 Å². The number of anilines is 1. The van der Waals surface area contributed by atoms with Crippen LogP contribution in [-0.4, -0.2) is 9.61 Å². The van der Waals surface area contributed by atoms with E-state index in [-0.39, 0.29) is 12.2 Å². The minimum absolute atomic E-state index is 0.0841. The van der Waals surface area contributed by atoms with Gasteiger partial charge in [-0.2, -0.15) is 5.10 Å². The highest BCUT2D eigenvalue weighted by atomic mass is 19.2. The second-order valence-electron chi connectivity index (χ2n) is 4.28. The first-order valence-corrected chi connectivity index (χ1v) is 5.95. The van der Waals surface area contributed by atoms with Crippen molar-refractivity contribution in [2.45, 2.75) is 6.54 Å². The van der Waals surface area contributed by atoms with Crippen molar-refractivity contribution < 1.29 is 13.2 Å². The first-order chi connectivity index (χ1) is 9.66. The van der Waals surface area contributed by atoms with Crippen LogP contribution in [0.5, 0.6) is 0 Å². The summed E-state index contributed by atoms with van der Waals surface area (Å²) in [7, 11) is 0. The number of hydrogen-bond acceptors (Lipinski definition) is 2. The maximum atomic E-state index is 13.5. The van der Waals surface area contributed by atoms with Crippen LogP contribution in [0.3, 0.4) is 0 Å². The summed E-state index contributed by atoms with van der Waals surface area (Å²) in [6, 6.07) is 7.62. The second kappa shape index (κ2) is 4.88. The molecule has 0 aliphatic carbocycles. The first kappa shape index (κ1) is 12.5. The predicted octanol–water partition coefficient (Wildman–Crippen LogP) is 3.36. The normalized spacial score (nSPS) is 10.9. The molecule has 3 aromatic rings. The Hall–Kier alpha value is -2.50. The van der Waals surface area contributed by atoms with E-state index in [1.807, 2.05) is 18.2 Å². The fourth-order valence-corrected chi connectivity index (χ4v) is 1.98. The Bertz CT molecular complexity index is 767. The number of halogens is 3. The molecule has 6 heteroatoms. The van der Waals surface area contributed by atoms with Gasteiger partial charge in [-0.05, 0) is 24.3 Å². The number of nitrogens with one attached hydrogen (secondary N) is 1. The van der Waals surface area contributed by atoms with Gasteiger partial charge in [-0.25, -0.2) is 17.7 Å². The highest BCUT2D eigenvalue weighted by molar-refractivity contribution is 5.55. The standard InChI is InChI=1S/C14H10F3N3/c15-10-4-5-11(14(17)13(10)16)18-7-9-8-19-20-6-2-1-3-12(9)20/h1-6,8,18H,7H2. The minimum Gasteiger partial charge on any atom is -0.378 e. The number of aromatic nitrogens is 2. The summed E-state index contributed by atoms with van der Waals surface area (Å²) in [5.74, 6) is -3.90. The van der Waals surface area contributed by atoms with E-state index < -0.39 is 17.5 Å². The van der Waals surface area contributed by atoms with Crippen molar-refractivity contribution in [3.8, 4) is 0 Å². The highest BCUT2D eigenvalue weighted by Crippen LogP contribution is 2.21. The SMILES string of the molecule is Fc1ccc(NCc2cnn3ccccc23)c(F)c1F. The minimum atomic E-state index is -1.48. The van der Waals surface area contributed by atoms with Crippen LogP contribution in [0.4, 0.5) is 18.9 Å². The van der Waals surface area contributed by atoms with Crippen LogP contribution in [0.2, 0.25) is 0 Å². The van der Waals surface area contributed by atoms with Crippen molar-refractivity contribution in [3.63, 3.8) is 0 Å². The lowest BCUT2D eigenvalue weighted by Crippen LogP contribution is -2.03. The van der Waals surface area contributed by atoms with E-state index in [0.29, 0.717) is 0 Å². The molecule has 1 aromatic carbocycles. The van der Waals surface area contributed by atoms with Crippen LogP contribution < -0.4 is 5.32 Å². The molecule has 2 aromatic heterocycles. The third-order valence-corrected chi connectivity index (χ3v) is 3.01. The van der Waals surface area contributed by atoms with Crippen molar-refractivity contribution in [1.82, 2.24) is 9.61 Å². The molecule has 3 nitrogen and oxygen atoms in total. The van der Waals surface area contributed by atoms with E-state index in [0.717, 1.165) is 17.1 Å². The first-order valence-electron chi connectivity index (χ1n) is 5.95. The zero-order chi connectivity index (χ0) is 14.1. The van der Waals surface area contributed by atoms with Crippen molar-refractivity contribution >= 4 is 11.2 Å². The molecule has 0 bridgehead atoms. The van der Waals surface area contributed by atoms with Gasteiger partial charge in [0.05, 0.1) is 17.4 Å². The molecular formula is C14H10F3N3. The Morgan fingerprint density at radius 2 is 1.90 bits per heavy atom. The van der Waals surface area contributed by atoms with Crippen LogP contribution in [0.1, 0.15) is 5.56 Å². The zero-order valence-electron chi connectivity index (χ0n) is 10.3. The maximum Gasteiger partial charge on any atom is 0.196 e. The number of nitrogens with zero attached hydrogens (tertiary/aromatic N) is 2. The van der Waals surface area contributed by atoms with Gasteiger partial charge in [-0.3, -0.25) is 0 Å². The van der Waals surface area contributed by atoms with Crippen molar-refractivity contribution in [2.24, 2.45) is 0 Å². The molecule has 0 unspecified atom stereocenters. The fraction of sp³-hybridized carbons (Fsp3) is 0.0714. The topological polar surface area (TPSA) is 29.3 Å². The summed E-state index contributed by atoms with van der Waals surface area (Å²) in [6.45, 7) is 0.259. The van der Waals surface area contributed by atoms with Crippen LogP contribution in [0.15, 0.2) is 42.7 Å². The van der Waals surface area contributed by atoms with Crippen molar-refractivity contribution in [2.75, 3.05) is 5.32 Å². The zero-order valence-corrected chi connectivity index (χ0v) is 10.3. The molecule has 1 N–H and O–H groups in total. The lowest BCUT2D eigenvalue weighted by Gasteiger charge is -2.07. The Labute approximate surface area is 112 Å². The molecule has 0 amide bonds. The van der Waals surface area contributed by atoms with E-state index in [4.69, 9.17) is 0 Å². The van der Waals surface area contributed by atoms with Gasteiger partial charge >= 0.3 is 0 Å². The molecule has 3 rings (SSSR count). The molecule has 0 atom stereocenters. The average Bonchev–Trinajstić information content (AvgIpc) is 2.87. The Morgan fingerprint density at radius 1 is 1.05 bits per heavy atom. The van der Waals surface area contributed by atoms with E-state index in [2.05, 4.69) is 10.4 Å². The monoisotopic (exact) mass is 277 g/mol. The third kappa shape index (κ3) is 2.09. The van der Waals surface area contributed by atoms with E-state index in [1.165, 1.54) is 6.07 Å². The van der Waals surface area contributed by atoms with Gasteiger partial charge < -0.3 is 5.32 Å². The molecule has 0 radical (unpaired) electrons. The average molecular weight is 277 g/mol. The Morgan fingerprint density at radius 3 is 2.75 bits per heavy atom. The predicted molar refractivity (Wildman–Crippen MR) is 68.8 cm³/mol. The Kier molecular flexibility index (Phi) is 3.06. The van der Waals surface area contributed by atoms with Crippen LogP contribution in [0.25, 0.3) is 5.52 Å². The summed E-state index contributed by atoms with van der Waals surface area (Å²) in [5, 5.41) is 6.87. The largest absolute Gasteiger partial charge is 0.378 e. The fourth-order valence-electron chi connectivity index (χ4n) is 1.98. The number of rotatable bonds is 3. The molecule has 0 fully saturated rings. The third-order valence-electron chi connectivity index (χ3n) is 3.01. The van der Waals surface area contributed by atoms with E-state index in [1.54, 1.807) is 16.9 Å². The molecule has 2 heterocycles. The lowest BCUT2D eigenvalue weighted by molar-refractivity contribution is 0.449.